The Morgan fingerprint density at radius 1 is 0.359 bits per heavy atom. The van der Waals surface area contributed by atoms with Crippen LogP contribution in [0.5, 0.6) is 0 Å². The van der Waals surface area contributed by atoms with Gasteiger partial charge in [0.05, 0.1) is 35.6 Å². The molecule has 0 saturated carbocycles. The Morgan fingerprint density at radius 3 is 1.56 bits per heavy atom. The fourth-order valence-electron chi connectivity index (χ4n) is 3.75. The van der Waals surface area contributed by atoms with Gasteiger partial charge < -0.3 is 5.32 Å². The fourth-order valence-corrected chi connectivity index (χ4v) is 3.75. The Bertz CT molecular complexity index is 3270. The lowest BCUT2D eigenvalue weighted by Gasteiger charge is -2.12. The molecule has 184 valence electrons. The quantitative estimate of drug-likeness (QED) is 0.221. The molecule has 39 heavy (non-hydrogen) atoms. The summed E-state index contributed by atoms with van der Waals surface area (Å²) >= 11 is 0. The second kappa shape index (κ2) is 9.96. The molecule has 0 heterocycles. The van der Waals surface area contributed by atoms with Crippen molar-refractivity contribution in [2.45, 2.75) is 0 Å². The summed E-state index contributed by atoms with van der Waals surface area (Å²) in [7, 11) is 0. The standard InChI is InChI=1S/C38H27N/c1-2-9-27(10-3-1)30-12-8-13-31(25-30)28-17-21-33(22-18-28)39-34-23-19-29(20-24-34)38-26-32-11-4-5-14-35(32)36-15-6-7-16-37(36)38/h1-26,39H/i1D,2D,3D,4D,5D,6D,7D,8D,9D,10D,11D,12D,13D,14D,15D,16D,17D,18D,19D,20D,21D,22D,23D,24D,25D,26D. The van der Waals surface area contributed by atoms with Gasteiger partial charge in [0, 0.05) is 11.4 Å². The molecule has 0 amide bonds. The minimum absolute atomic E-state index is 0.456. The molecule has 1 nitrogen and oxygen atoms in total. The van der Waals surface area contributed by atoms with Gasteiger partial charge in [-0.15, -0.1) is 0 Å². The largest absolute Gasteiger partial charge is 0.356 e. The molecule has 7 aromatic carbocycles. The summed E-state index contributed by atoms with van der Waals surface area (Å²) in [6, 6.07) is -23.0. The molecule has 1 N–H and O–H groups in total. The highest BCUT2D eigenvalue weighted by Gasteiger charge is 2.08. The van der Waals surface area contributed by atoms with Crippen molar-refractivity contribution < 1.29 is 35.6 Å². The van der Waals surface area contributed by atoms with Gasteiger partial charge >= 0.3 is 0 Å². The van der Waals surface area contributed by atoms with E-state index in [1.54, 1.807) is 0 Å². The molecule has 0 aliphatic rings. The van der Waals surface area contributed by atoms with E-state index < -0.39 is 223 Å². The fraction of sp³-hybridized carbons (Fsp3) is 0. The molecule has 0 aliphatic carbocycles. The Kier molecular flexibility index (Phi) is 2.15. The molecule has 0 fully saturated rings. The van der Waals surface area contributed by atoms with Crippen LogP contribution in [0.25, 0.3) is 54.9 Å². The summed E-state index contributed by atoms with van der Waals surface area (Å²) in [4.78, 5) is 0. The first-order valence-corrected chi connectivity index (χ1v) is 11.2. The Morgan fingerprint density at radius 2 is 0.872 bits per heavy atom. The SMILES string of the molecule is [2H]c1c([2H])c([2H])c(-c2c([2H])c([2H])c([2H])c(-c3c([2H])c([2H])c(Nc4c([2H])c([2H])c(-c5c([2H])c6c([2H])c([2H])c([2H])c([2H])c6c6c([2H])c([2H])c([2H])c([2H])c56)c([2H])c4[2H])c([2H])c3[2H])c2[2H])c([2H])c1[2H]. The topological polar surface area (TPSA) is 12.0 Å². The first-order valence-electron chi connectivity index (χ1n) is 24.2. The highest BCUT2D eigenvalue weighted by molar-refractivity contribution is 6.13. The molecule has 0 radical (unpaired) electrons. The van der Waals surface area contributed by atoms with E-state index in [9.17, 15) is 1.37 Å². The Hall–Kier alpha value is -5.14. The average Bonchev–Trinajstić information content (AvgIpc) is 3.27. The van der Waals surface area contributed by atoms with Crippen LogP contribution >= 0.6 is 0 Å². The van der Waals surface area contributed by atoms with Gasteiger partial charge in [-0.3, -0.25) is 0 Å². The van der Waals surface area contributed by atoms with Gasteiger partial charge in [-0.25, -0.2) is 0 Å². The van der Waals surface area contributed by atoms with Crippen LogP contribution in [0, 0.1) is 0 Å². The molecule has 7 aromatic rings. The van der Waals surface area contributed by atoms with Gasteiger partial charge in [-0.2, -0.15) is 0 Å². The van der Waals surface area contributed by atoms with Crippen LogP contribution in [0.4, 0.5) is 11.4 Å². The smallest absolute Gasteiger partial charge is 0.0645 e. The van der Waals surface area contributed by atoms with Crippen molar-refractivity contribution in [1.29, 1.82) is 0 Å². The molecular weight excluding hydrogens is 470 g/mol. The zero-order valence-electron chi connectivity index (χ0n) is 45.5. The van der Waals surface area contributed by atoms with E-state index in [0.29, 0.717) is 0 Å². The van der Waals surface area contributed by atoms with Crippen LogP contribution in [0.2, 0.25) is 0 Å². The molecule has 0 aromatic heterocycles. The van der Waals surface area contributed by atoms with E-state index in [1.165, 1.54) is 0 Å². The number of hydrogen-bond acceptors (Lipinski definition) is 1. The summed E-state index contributed by atoms with van der Waals surface area (Å²) in [5, 5.41) is 0.347. The highest BCUT2D eigenvalue weighted by atomic mass is 14.9. The maximum Gasteiger partial charge on any atom is 0.0645 e. The lowest BCUT2D eigenvalue weighted by molar-refractivity contribution is 1.53. The van der Waals surface area contributed by atoms with Crippen molar-refractivity contribution in [3.63, 3.8) is 0 Å². The minimum Gasteiger partial charge on any atom is -0.356 e. The lowest BCUT2D eigenvalue weighted by Crippen LogP contribution is -1.91. The Labute approximate surface area is 265 Å². The average molecular weight is 524 g/mol. The number of nitrogens with one attached hydrogen (secondary N) is 1. The highest BCUT2D eigenvalue weighted by Crippen LogP contribution is 2.35. The van der Waals surface area contributed by atoms with Crippen molar-refractivity contribution in [2.24, 2.45) is 0 Å². The van der Waals surface area contributed by atoms with Crippen LogP contribution in [0.3, 0.4) is 0 Å². The maximum absolute atomic E-state index is 9.19. The van der Waals surface area contributed by atoms with Crippen LogP contribution in [-0.4, -0.2) is 0 Å². The van der Waals surface area contributed by atoms with E-state index in [0.717, 1.165) is 0 Å². The summed E-state index contributed by atoms with van der Waals surface area (Å²) in [6.07, 6.45) is 0. The molecular formula is C38H27N. The number of hydrogen-bond donors (Lipinski definition) is 1. The van der Waals surface area contributed by atoms with Gasteiger partial charge in [-0.05, 0) is 91.2 Å². The summed E-state index contributed by atoms with van der Waals surface area (Å²) in [5.41, 5.74) is -5.91. The van der Waals surface area contributed by atoms with Gasteiger partial charge in [-0.1, -0.05) is 121 Å². The third-order valence-corrected chi connectivity index (χ3v) is 5.50. The van der Waals surface area contributed by atoms with Crippen LogP contribution < -0.4 is 5.32 Å². The summed E-state index contributed by atoms with van der Waals surface area (Å²) in [6.45, 7) is 0. The van der Waals surface area contributed by atoms with E-state index in [-0.39, 0.29) is 0 Å². The van der Waals surface area contributed by atoms with Crippen LogP contribution in [0.15, 0.2) is 157 Å². The summed E-state index contributed by atoms with van der Waals surface area (Å²) in [5.74, 6) is 0. The van der Waals surface area contributed by atoms with Crippen molar-refractivity contribution >= 4 is 32.9 Å². The zero-order valence-corrected chi connectivity index (χ0v) is 19.5. The predicted octanol–water partition coefficient (Wildman–Crippen LogP) is 10.7. The molecule has 1 heteroatoms. The molecule has 0 aliphatic heterocycles. The second-order valence-corrected chi connectivity index (χ2v) is 7.88. The van der Waals surface area contributed by atoms with Crippen LogP contribution in [-0.2, 0) is 0 Å². The minimum atomic E-state index is -0.994. The maximum atomic E-state index is 9.19. The molecule has 7 rings (SSSR count). The lowest BCUT2D eigenvalue weighted by atomic mass is 9.93. The van der Waals surface area contributed by atoms with Gasteiger partial charge in [0.1, 0.15) is 0 Å². The number of anilines is 2. The molecule has 0 saturated heterocycles. The summed E-state index contributed by atoms with van der Waals surface area (Å²) < 4.78 is 224. The van der Waals surface area contributed by atoms with Crippen molar-refractivity contribution in [1.82, 2.24) is 0 Å². The van der Waals surface area contributed by atoms with Gasteiger partial charge in [0.25, 0.3) is 0 Å². The first-order chi connectivity index (χ1) is 30.2. The molecule has 0 atom stereocenters. The van der Waals surface area contributed by atoms with Gasteiger partial charge in [0.15, 0.2) is 0 Å². The van der Waals surface area contributed by atoms with Crippen molar-refractivity contribution in [2.75, 3.05) is 5.32 Å². The first kappa shape index (κ1) is 8.43. The van der Waals surface area contributed by atoms with E-state index in [4.69, 9.17) is 34.3 Å². The van der Waals surface area contributed by atoms with Gasteiger partial charge in [0.2, 0.25) is 0 Å². The van der Waals surface area contributed by atoms with Crippen molar-refractivity contribution in [3.8, 4) is 33.4 Å². The predicted molar refractivity (Wildman–Crippen MR) is 167 cm³/mol. The Balaban J connectivity index is 1.49. The van der Waals surface area contributed by atoms with E-state index in [1.807, 2.05) is 0 Å². The molecule has 0 bridgehead atoms. The van der Waals surface area contributed by atoms with Crippen molar-refractivity contribution in [3.05, 3.63) is 157 Å². The second-order valence-electron chi connectivity index (χ2n) is 7.88. The van der Waals surface area contributed by atoms with E-state index >= 15 is 0 Å². The number of fused-ring (bicyclic) bond motifs is 3. The normalized spacial score (nSPS) is 20.4. The third-order valence-electron chi connectivity index (χ3n) is 5.50. The molecule has 0 spiro atoms. The third kappa shape index (κ3) is 4.56. The molecule has 0 unspecified atom stereocenters. The number of rotatable bonds is 5. The van der Waals surface area contributed by atoms with Crippen LogP contribution in [0.1, 0.15) is 35.6 Å². The zero-order chi connectivity index (χ0) is 48.6. The van der Waals surface area contributed by atoms with E-state index in [2.05, 4.69) is 5.32 Å². The monoisotopic (exact) mass is 523 g/mol. The number of benzene rings is 7.